The first kappa shape index (κ1) is 21.0. The minimum Gasteiger partial charge on any atom is -0.471 e. The molecule has 0 spiro atoms. The van der Waals surface area contributed by atoms with Gasteiger partial charge in [0.05, 0.1) is 30.3 Å². The lowest BCUT2D eigenvalue weighted by Crippen LogP contribution is -2.49. The van der Waals surface area contributed by atoms with E-state index in [1.807, 2.05) is 0 Å². The molecule has 4 heterocycles. The van der Waals surface area contributed by atoms with E-state index in [1.165, 1.54) is 18.5 Å². The first-order chi connectivity index (χ1) is 14.6. The van der Waals surface area contributed by atoms with Gasteiger partial charge in [-0.05, 0) is 6.07 Å². The van der Waals surface area contributed by atoms with Crippen molar-refractivity contribution in [2.45, 2.75) is 24.7 Å². The maximum Gasteiger partial charge on any atom is 0.407 e. The number of ether oxygens (including phenoxy) is 1. The van der Waals surface area contributed by atoms with Crippen LogP contribution in [0, 0.1) is 0 Å². The maximum absolute atomic E-state index is 14.4. The van der Waals surface area contributed by atoms with Crippen molar-refractivity contribution in [1.82, 2.24) is 19.7 Å². The van der Waals surface area contributed by atoms with Gasteiger partial charge in [-0.1, -0.05) is 0 Å². The summed E-state index contributed by atoms with van der Waals surface area (Å²) >= 11 is 0. The van der Waals surface area contributed by atoms with Gasteiger partial charge in [-0.15, -0.1) is 0 Å². The van der Waals surface area contributed by atoms with Crippen LogP contribution >= 0.6 is 0 Å². The van der Waals surface area contributed by atoms with E-state index < -0.39 is 34.1 Å². The fourth-order valence-corrected chi connectivity index (χ4v) is 4.97. The topological polar surface area (TPSA) is 158 Å². The lowest BCUT2D eigenvalue weighted by molar-refractivity contribution is 0.0222. The number of sulfone groups is 1. The van der Waals surface area contributed by atoms with Crippen molar-refractivity contribution >= 4 is 21.8 Å². The van der Waals surface area contributed by atoms with E-state index in [-0.39, 0.29) is 48.5 Å². The molecule has 0 aromatic carbocycles. The molecule has 0 saturated carbocycles. The molecule has 0 bridgehead atoms. The number of alkyl halides is 1. The lowest BCUT2D eigenvalue weighted by Gasteiger charge is -2.33. The van der Waals surface area contributed by atoms with Crippen LogP contribution in [-0.2, 0) is 9.84 Å². The second-order valence-corrected chi connectivity index (χ2v) is 9.72. The standard InChI is InChI=1S/C18H20FN5O6S/c19-14-7-23(18(26)27)2-1-15(14)30-17-13(16(20)25)3-10(4-21-17)11-5-22-24(6-11)12-8-31(28,29)9-12/h3-6,12,14-15H,1-2,7-9H2,(H2,20,25)(H,26,27)/t14-,15+/m1/s1. The molecule has 166 valence electrons. The predicted octanol–water partition coefficient (Wildman–Crippen LogP) is 0.483. The summed E-state index contributed by atoms with van der Waals surface area (Å²) in [5, 5.41) is 13.2. The number of primary amides is 1. The van der Waals surface area contributed by atoms with Gasteiger partial charge in [0.1, 0.15) is 11.7 Å². The Morgan fingerprint density at radius 2 is 2.00 bits per heavy atom. The smallest absolute Gasteiger partial charge is 0.407 e. The summed E-state index contributed by atoms with van der Waals surface area (Å²) in [6.45, 7) is -0.236. The normalized spacial score (nSPS) is 23.2. The molecule has 0 radical (unpaired) electrons. The number of hydrogen-bond acceptors (Lipinski definition) is 7. The van der Waals surface area contributed by atoms with Gasteiger partial charge in [0.15, 0.2) is 16.0 Å². The van der Waals surface area contributed by atoms with Crippen LogP contribution in [0.15, 0.2) is 24.7 Å². The average molecular weight is 453 g/mol. The third kappa shape index (κ3) is 4.31. The molecule has 2 aromatic heterocycles. The highest BCUT2D eigenvalue weighted by molar-refractivity contribution is 7.92. The van der Waals surface area contributed by atoms with Crippen molar-refractivity contribution in [2.75, 3.05) is 24.6 Å². The molecular formula is C18H20FN5O6S. The zero-order chi connectivity index (χ0) is 22.3. The number of rotatable bonds is 5. The SMILES string of the molecule is NC(=O)c1cc(-c2cnn(C3CS(=O)(=O)C3)c2)cnc1O[C@H]1CCN(C(=O)O)C[C@H]1F. The summed E-state index contributed by atoms with van der Waals surface area (Å²) in [6.07, 6.45) is 0.945. The van der Waals surface area contributed by atoms with Gasteiger partial charge in [-0.2, -0.15) is 5.10 Å². The van der Waals surface area contributed by atoms with E-state index >= 15 is 0 Å². The van der Waals surface area contributed by atoms with Crippen molar-refractivity contribution < 1.29 is 32.2 Å². The van der Waals surface area contributed by atoms with Crippen LogP contribution in [0.3, 0.4) is 0 Å². The molecule has 0 aliphatic carbocycles. The second kappa shape index (κ2) is 7.80. The molecular weight excluding hydrogens is 433 g/mol. The Kier molecular flexibility index (Phi) is 5.29. The Morgan fingerprint density at radius 1 is 1.26 bits per heavy atom. The molecule has 2 saturated heterocycles. The molecule has 0 unspecified atom stereocenters. The quantitative estimate of drug-likeness (QED) is 0.662. The fraction of sp³-hybridized carbons (Fsp3) is 0.444. The van der Waals surface area contributed by atoms with E-state index in [4.69, 9.17) is 15.6 Å². The van der Waals surface area contributed by atoms with E-state index in [2.05, 4.69) is 10.1 Å². The van der Waals surface area contributed by atoms with Crippen molar-refractivity contribution in [2.24, 2.45) is 5.73 Å². The zero-order valence-corrected chi connectivity index (χ0v) is 17.0. The Labute approximate surface area is 176 Å². The number of aromatic nitrogens is 3. The second-order valence-electron chi connectivity index (χ2n) is 7.57. The molecule has 2 aliphatic rings. The van der Waals surface area contributed by atoms with Crippen molar-refractivity contribution in [3.63, 3.8) is 0 Å². The molecule has 13 heteroatoms. The van der Waals surface area contributed by atoms with Gasteiger partial charge in [-0.25, -0.2) is 22.6 Å². The summed E-state index contributed by atoms with van der Waals surface area (Å²) in [5.41, 5.74) is 6.51. The van der Waals surface area contributed by atoms with Gasteiger partial charge in [0.2, 0.25) is 5.88 Å². The monoisotopic (exact) mass is 453 g/mol. The number of carboxylic acid groups (broad SMARTS) is 1. The molecule has 2 fully saturated rings. The summed E-state index contributed by atoms with van der Waals surface area (Å²) in [5.74, 6) is -0.904. The summed E-state index contributed by atoms with van der Waals surface area (Å²) in [6, 6.07) is 1.21. The van der Waals surface area contributed by atoms with Crippen molar-refractivity contribution in [1.29, 1.82) is 0 Å². The Balaban J connectivity index is 1.52. The number of halogens is 1. The minimum atomic E-state index is -3.00. The number of nitrogens with zero attached hydrogens (tertiary/aromatic N) is 4. The summed E-state index contributed by atoms with van der Waals surface area (Å²) < 4.78 is 44.2. The van der Waals surface area contributed by atoms with Gasteiger partial charge >= 0.3 is 6.09 Å². The zero-order valence-electron chi connectivity index (χ0n) is 16.2. The summed E-state index contributed by atoms with van der Waals surface area (Å²) in [4.78, 5) is 28.0. The molecule has 2 amide bonds. The van der Waals surface area contributed by atoms with E-state index in [0.29, 0.717) is 11.1 Å². The largest absolute Gasteiger partial charge is 0.471 e. The van der Waals surface area contributed by atoms with Crippen molar-refractivity contribution in [3.8, 4) is 17.0 Å². The molecule has 11 nitrogen and oxygen atoms in total. The van der Waals surface area contributed by atoms with E-state index in [1.54, 1.807) is 10.9 Å². The van der Waals surface area contributed by atoms with Crippen LogP contribution in [0.1, 0.15) is 22.8 Å². The number of hydrogen-bond donors (Lipinski definition) is 2. The van der Waals surface area contributed by atoms with Crippen LogP contribution in [-0.4, -0.2) is 82.1 Å². The molecule has 2 atom stereocenters. The van der Waals surface area contributed by atoms with E-state index in [0.717, 1.165) is 4.90 Å². The molecule has 31 heavy (non-hydrogen) atoms. The highest BCUT2D eigenvalue weighted by Crippen LogP contribution is 2.29. The van der Waals surface area contributed by atoms with Crippen LogP contribution in [0.5, 0.6) is 5.88 Å². The molecule has 4 rings (SSSR count). The van der Waals surface area contributed by atoms with Gasteiger partial charge < -0.3 is 20.5 Å². The Morgan fingerprint density at radius 3 is 2.61 bits per heavy atom. The van der Waals surface area contributed by atoms with E-state index in [9.17, 15) is 22.4 Å². The Hall–Kier alpha value is -3.22. The molecule has 2 aliphatic heterocycles. The lowest BCUT2D eigenvalue weighted by atomic mass is 10.1. The number of pyridine rings is 1. The number of carbonyl (C=O) groups is 2. The third-order valence-electron chi connectivity index (χ3n) is 5.33. The first-order valence-electron chi connectivity index (χ1n) is 9.46. The number of likely N-dealkylation sites (tertiary alicyclic amines) is 1. The first-order valence-corrected chi connectivity index (χ1v) is 11.3. The maximum atomic E-state index is 14.4. The highest BCUT2D eigenvalue weighted by Gasteiger charge is 2.36. The highest BCUT2D eigenvalue weighted by atomic mass is 32.2. The number of amides is 2. The van der Waals surface area contributed by atoms with Crippen molar-refractivity contribution in [3.05, 3.63) is 30.2 Å². The van der Waals surface area contributed by atoms with Gasteiger partial charge in [0, 0.05) is 36.5 Å². The van der Waals surface area contributed by atoms with Gasteiger partial charge in [-0.3, -0.25) is 9.48 Å². The van der Waals surface area contributed by atoms with Crippen LogP contribution in [0.4, 0.5) is 9.18 Å². The predicted molar refractivity (Wildman–Crippen MR) is 105 cm³/mol. The average Bonchev–Trinajstić information content (AvgIpc) is 3.17. The Bertz CT molecular complexity index is 1120. The number of nitrogens with two attached hydrogens (primary N) is 1. The van der Waals surface area contributed by atoms with Crippen LogP contribution in [0.25, 0.3) is 11.1 Å². The minimum absolute atomic E-state index is 0.0246. The van der Waals surface area contributed by atoms with Gasteiger partial charge in [0.25, 0.3) is 5.91 Å². The molecule has 3 N–H and O–H groups in total. The van der Waals surface area contributed by atoms with Crippen LogP contribution in [0.2, 0.25) is 0 Å². The van der Waals surface area contributed by atoms with Crippen LogP contribution < -0.4 is 10.5 Å². The number of carbonyl (C=O) groups excluding carboxylic acids is 1. The fourth-order valence-electron chi connectivity index (χ4n) is 3.59. The summed E-state index contributed by atoms with van der Waals surface area (Å²) in [7, 11) is -3.00. The third-order valence-corrected chi connectivity index (χ3v) is 7.12. The number of piperidine rings is 1. The molecule has 2 aromatic rings.